The lowest BCUT2D eigenvalue weighted by Crippen LogP contribution is -2.50. The van der Waals surface area contributed by atoms with E-state index in [1.807, 2.05) is 18.2 Å². The normalized spacial score (nSPS) is 17.2. The minimum absolute atomic E-state index is 0.397. The number of aromatic nitrogens is 4. The summed E-state index contributed by atoms with van der Waals surface area (Å²) in [5, 5.41) is 12.7. The molecule has 2 aromatic heterocycles. The number of nitrogens with zero attached hydrogens (tertiary/aromatic N) is 5. The maximum Gasteiger partial charge on any atom is 0.297 e. The summed E-state index contributed by atoms with van der Waals surface area (Å²) >= 11 is 0. The lowest BCUT2D eigenvalue weighted by Gasteiger charge is -2.40. The molecule has 5 rings (SSSR count). The zero-order valence-corrected chi connectivity index (χ0v) is 15.2. The summed E-state index contributed by atoms with van der Waals surface area (Å²) in [4.78, 5) is 10.2. The third-order valence-electron chi connectivity index (χ3n) is 5.32. The van der Waals surface area contributed by atoms with Crippen LogP contribution in [0.3, 0.4) is 0 Å². The Labute approximate surface area is 161 Å². The molecule has 28 heavy (non-hydrogen) atoms. The van der Waals surface area contributed by atoms with Crippen molar-refractivity contribution in [2.24, 2.45) is 5.92 Å². The van der Waals surface area contributed by atoms with Gasteiger partial charge in [0.25, 0.3) is 6.43 Å². The Kier molecular flexibility index (Phi) is 4.26. The molecule has 2 fully saturated rings. The van der Waals surface area contributed by atoms with Crippen molar-refractivity contribution in [3.05, 3.63) is 47.9 Å². The highest BCUT2D eigenvalue weighted by Gasteiger charge is 2.29. The van der Waals surface area contributed by atoms with Crippen LogP contribution < -0.4 is 10.2 Å². The van der Waals surface area contributed by atoms with E-state index in [1.165, 1.54) is 12.8 Å². The van der Waals surface area contributed by atoms with E-state index in [1.54, 1.807) is 12.1 Å². The zero-order chi connectivity index (χ0) is 19.1. The fourth-order valence-corrected chi connectivity index (χ4v) is 3.55. The van der Waals surface area contributed by atoms with Gasteiger partial charge in [-0.15, -0.1) is 5.10 Å². The summed E-state index contributed by atoms with van der Waals surface area (Å²) in [5.41, 5.74) is 1.62. The van der Waals surface area contributed by atoms with Crippen LogP contribution in [0.4, 0.5) is 20.4 Å². The number of fused-ring (bicyclic) bond motifs is 1. The molecule has 0 atom stereocenters. The molecule has 0 bridgehead atoms. The van der Waals surface area contributed by atoms with E-state index >= 15 is 0 Å². The highest BCUT2D eigenvalue weighted by Crippen LogP contribution is 2.39. The molecule has 0 spiro atoms. The SMILES string of the molecule is FC(F)c1nc(NCC2CN(c3ccc(C4CC4)nn3)C2)c2ccccc2n1. The topological polar surface area (TPSA) is 66.8 Å². The smallest absolute Gasteiger partial charge is 0.297 e. The molecular formula is C20H20F2N6. The molecule has 1 N–H and O–H groups in total. The van der Waals surface area contributed by atoms with Crippen LogP contribution in [-0.2, 0) is 0 Å². The summed E-state index contributed by atoms with van der Waals surface area (Å²) < 4.78 is 26.2. The van der Waals surface area contributed by atoms with E-state index in [-0.39, 0.29) is 0 Å². The van der Waals surface area contributed by atoms with Gasteiger partial charge in [0.2, 0.25) is 0 Å². The molecule has 144 valence electrons. The van der Waals surface area contributed by atoms with Gasteiger partial charge in [-0.05, 0) is 37.1 Å². The molecular weight excluding hydrogens is 362 g/mol. The van der Waals surface area contributed by atoms with E-state index in [0.717, 1.165) is 30.0 Å². The monoisotopic (exact) mass is 382 g/mol. The van der Waals surface area contributed by atoms with Gasteiger partial charge in [0.1, 0.15) is 5.82 Å². The van der Waals surface area contributed by atoms with E-state index in [2.05, 4.69) is 36.4 Å². The minimum atomic E-state index is -2.69. The third kappa shape index (κ3) is 3.34. The first-order valence-electron chi connectivity index (χ1n) is 9.54. The van der Waals surface area contributed by atoms with Crippen LogP contribution in [0.5, 0.6) is 0 Å². The molecule has 3 heterocycles. The Hall–Kier alpha value is -2.90. The Morgan fingerprint density at radius 2 is 1.86 bits per heavy atom. The van der Waals surface area contributed by atoms with E-state index < -0.39 is 12.2 Å². The summed E-state index contributed by atoms with van der Waals surface area (Å²) in [5.74, 6) is 1.92. The fraction of sp³-hybridized carbons (Fsp3) is 0.400. The lowest BCUT2D eigenvalue weighted by atomic mass is 10.00. The van der Waals surface area contributed by atoms with Crippen LogP contribution >= 0.6 is 0 Å². The summed E-state index contributed by atoms with van der Waals surface area (Å²) in [6, 6.07) is 11.3. The number of anilines is 2. The number of benzene rings is 1. The molecule has 0 unspecified atom stereocenters. The number of hydrogen-bond acceptors (Lipinski definition) is 6. The molecule has 1 aliphatic heterocycles. The van der Waals surface area contributed by atoms with Crippen LogP contribution in [0.25, 0.3) is 10.9 Å². The summed E-state index contributed by atoms with van der Waals surface area (Å²) in [7, 11) is 0. The lowest BCUT2D eigenvalue weighted by molar-refractivity contribution is 0.141. The van der Waals surface area contributed by atoms with Crippen LogP contribution in [0.2, 0.25) is 0 Å². The summed E-state index contributed by atoms with van der Waals surface area (Å²) in [6.45, 7) is 2.37. The second-order valence-electron chi connectivity index (χ2n) is 7.49. The molecule has 2 aliphatic rings. The molecule has 1 saturated carbocycles. The molecule has 8 heteroatoms. The second kappa shape index (κ2) is 6.92. The first kappa shape index (κ1) is 17.2. The Balaban J connectivity index is 1.23. The van der Waals surface area contributed by atoms with Crippen molar-refractivity contribution in [2.45, 2.75) is 25.2 Å². The maximum absolute atomic E-state index is 13.1. The Morgan fingerprint density at radius 1 is 1.04 bits per heavy atom. The van der Waals surface area contributed by atoms with Gasteiger partial charge in [0, 0.05) is 36.9 Å². The van der Waals surface area contributed by atoms with Crippen molar-refractivity contribution in [3.63, 3.8) is 0 Å². The average molecular weight is 382 g/mol. The number of halogens is 2. The maximum atomic E-state index is 13.1. The van der Waals surface area contributed by atoms with Crippen molar-refractivity contribution < 1.29 is 8.78 Å². The van der Waals surface area contributed by atoms with Gasteiger partial charge in [-0.2, -0.15) is 5.10 Å². The molecule has 3 aromatic rings. The molecule has 6 nitrogen and oxygen atoms in total. The van der Waals surface area contributed by atoms with Gasteiger partial charge < -0.3 is 10.2 Å². The van der Waals surface area contributed by atoms with Crippen LogP contribution in [0.15, 0.2) is 36.4 Å². The average Bonchev–Trinajstić information content (AvgIpc) is 3.52. The highest BCUT2D eigenvalue weighted by molar-refractivity contribution is 5.89. The van der Waals surface area contributed by atoms with Gasteiger partial charge in [0.15, 0.2) is 11.6 Å². The summed E-state index contributed by atoms with van der Waals surface area (Å²) in [6.07, 6.45) is -0.256. The van der Waals surface area contributed by atoms with Crippen molar-refractivity contribution >= 4 is 22.5 Å². The predicted molar refractivity (Wildman–Crippen MR) is 103 cm³/mol. The first-order chi connectivity index (χ1) is 13.7. The zero-order valence-electron chi connectivity index (χ0n) is 15.2. The quantitative estimate of drug-likeness (QED) is 0.700. The van der Waals surface area contributed by atoms with Gasteiger partial charge in [-0.3, -0.25) is 0 Å². The first-order valence-corrected chi connectivity index (χ1v) is 9.54. The number of alkyl halides is 2. The van der Waals surface area contributed by atoms with E-state index in [4.69, 9.17) is 0 Å². The van der Waals surface area contributed by atoms with Crippen molar-refractivity contribution in [1.82, 2.24) is 20.2 Å². The van der Waals surface area contributed by atoms with Crippen molar-refractivity contribution in [1.29, 1.82) is 0 Å². The Bertz CT molecular complexity index is 984. The van der Waals surface area contributed by atoms with E-state index in [0.29, 0.717) is 29.7 Å². The minimum Gasteiger partial charge on any atom is -0.369 e. The van der Waals surface area contributed by atoms with Gasteiger partial charge in [-0.1, -0.05) is 12.1 Å². The molecule has 1 aromatic carbocycles. The highest BCUT2D eigenvalue weighted by atomic mass is 19.3. The van der Waals surface area contributed by atoms with Crippen LogP contribution in [0, 0.1) is 5.92 Å². The Morgan fingerprint density at radius 3 is 2.57 bits per heavy atom. The number of para-hydroxylation sites is 1. The number of hydrogen-bond donors (Lipinski definition) is 1. The van der Waals surface area contributed by atoms with Crippen molar-refractivity contribution in [3.8, 4) is 0 Å². The van der Waals surface area contributed by atoms with E-state index in [9.17, 15) is 8.78 Å². The second-order valence-corrected chi connectivity index (χ2v) is 7.49. The number of rotatable bonds is 6. The molecule has 1 saturated heterocycles. The molecule has 1 aliphatic carbocycles. The molecule has 0 amide bonds. The predicted octanol–water partition coefficient (Wildman–Crippen LogP) is 3.78. The van der Waals surface area contributed by atoms with Gasteiger partial charge in [0.05, 0.1) is 11.2 Å². The largest absolute Gasteiger partial charge is 0.369 e. The third-order valence-corrected chi connectivity index (χ3v) is 5.32. The van der Waals surface area contributed by atoms with Crippen LogP contribution in [0.1, 0.15) is 36.7 Å². The molecule has 0 radical (unpaired) electrons. The van der Waals surface area contributed by atoms with Crippen molar-refractivity contribution in [2.75, 3.05) is 29.9 Å². The standard InChI is InChI=1S/C20H20F2N6/c21-18(22)20-24-16-4-2-1-3-14(16)19(25-20)23-9-12-10-28(11-12)17-8-7-15(26-27-17)13-5-6-13/h1-4,7-8,12-13,18H,5-6,9-11H2,(H,23,24,25). The fourth-order valence-electron chi connectivity index (χ4n) is 3.55. The van der Waals surface area contributed by atoms with Gasteiger partial charge in [-0.25, -0.2) is 18.7 Å². The van der Waals surface area contributed by atoms with Gasteiger partial charge >= 0.3 is 0 Å². The van der Waals surface area contributed by atoms with Crippen LogP contribution in [-0.4, -0.2) is 39.8 Å². The number of nitrogens with one attached hydrogen (secondary N) is 1.